The van der Waals surface area contributed by atoms with Crippen LogP contribution in [0.25, 0.3) is 0 Å². The molecule has 2 nitrogen and oxygen atoms in total. The number of nitrogens with one attached hydrogen (secondary N) is 1. The van der Waals surface area contributed by atoms with Crippen LogP contribution in [0.5, 0.6) is 5.75 Å². The lowest BCUT2D eigenvalue weighted by Crippen LogP contribution is -2.15. The number of halogens is 3. The molecule has 0 fully saturated rings. The van der Waals surface area contributed by atoms with Gasteiger partial charge in [-0.15, -0.1) is 0 Å². The highest BCUT2D eigenvalue weighted by Crippen LogP contribution is 2.26. The van der Waals surface area contributed by atoms with Crippen LogP contribution in [0.2, 0.25) is 5.02 Å². The van der Waals surface area contributed by atoms with E-state index in [2.05, 4.69) is 28.2 Å². The number of ether oxygens (including phenoxy) is 1. The minimum absolute atomic E-state index is 0.108. The first-order valence-corrected chi connectivity index (χ1v) is 10.3. The van der Waals surface area contributed by atoms with Crippen LogP contribution in [0.3, 0.4) is 0 Å². The Morgan fingerprint density at radius 1 is 1.12 bits per heavy atom. The molecule has 5 heteroatoms. The van der Waals surface area contributed by atoms with Crippen molar-refractivity contribution in [2.75, 3.05) is 6.54 Å². The Hall–Kier alpha value is -1.10. The molecular formula is C21H26BrClFNO. The smallest absolute Gasteiger partial charge is 0.131 e. The first-order chi connectivity index (χ1) is 12.6. The van der Waals surface area contributed by atoms with Crippen LogP contribution in [0.4, 0.5) is 4.39 Å². The molecule has 2 rings (SSSR count). The number of benzene rings is 2. The van der Waals surface area contributed by atoms with Crippen molar-refractivity contribution in [1.29, 1.82) is 0 Å². The van der Waals surface area contributed by atoms with Gasteiger partial charge < -0.3 is 10.1 Å². The van der Waals surface area contributed by atoms with E-state index >= 15 is 0 Å². The van der Waals surface area contributed by atoms with Crippen LogP contribution < -0.4 is 10.1 Å². The number of hydrogen-bond acceptors (Lipinski definition) is 2. The molecule has 0 heterocycles. The molecule has 142 valence electrons. The van der Waals surface area contributed by atoms with Gasteiger partial charge in [-0.25, -0.2) is 4.39 Å². The molecule has 0 atom stereocenters. The van der Waals surface area contributed by atoms with E-state index in [1.54, 1.807) is 12.1 Å². The summed E-state index contributed by atoms with van der Waals surface area (Å²) in [5, 5.41) is 3.85. The first kappa shape index (κ1) is 21.2. The Balaban J connectivity index is 1.90. The fourth-order valence-corrected chi connectivity index (χ4v) is 3.35. The van der Waals surface area contributed by atoms with Gasteiger partial charge in [0.2, 0.25) is 0 Å². The van der Waals surface area contributed by atoms with Crippen LogP contribution >= 0.6 is 27.5 Å². The predicted molar refractivity (Wildman–Crippen MR) is 110 cm³/mol. The summed E-state index contributed by atoms with van der Waals surface area (Å²) in [5.41, 5.74) is 1.42. The molecule has 0 aliphatic rings. The molecule has 0 aromatic heterocycles. The standard InChI is InChI=1S/C21H26BrClFNO/c1-2-3-4-5-6-12-25-14-16-13-17(22)10-11-21(16)26-15-18-19(23)8-7-9-20(18)24/h7-11,13,25H,2-6,12,14-15H2,1H3. The van der Waals surface area contributed by atoms with Gasteiger partial charge in [-0.05, 0) is 43.3 Å². The van der Waals surface area contributed by atoms with Gasteiger partial charge in [0.25, 0.3) is 0 Å². The highest BCUT2D eigenvalue weighted by Gasteiger charge is 2.10. The second-order valence-electron chi connectivity index (χ2n) is 6.33. The SMILES string of the molecule is CCCCCCCNCc1cc(Br)ccc1OCc1c(F)cccc1Cl. The highest BCUT2D eigenvalue weighted by atomic mass is 79.9. The third-order valence-corrected chi connectivity index (χ3v) is 5.08. The second-order valence-corrected chi connectivity index (χ2v) is 7.65. The van der Waals surface area contributed by atoms with E-state index in [-0.39, 0.29) is 12.4 Å². The van der Waals surface area contributed by atoms with Crippen molar-refractivity contribution in [1.82, 2.24) is 5.32 Å². The Kier molecular flexibility index (Phi) is 9.44. The topological polar surface area (TPSA) is 21.3 Å². The van der Waals surface area contributed by atoms with Crippen LogP contribution in [-0.2, 0) is 13.2 Å². The summed E-state index contributed by atoms with van der Waals surface area (Å²) in [7, 11) is 0. The van der Waals surface area contributed by atoms with E-state index in [1.165, 1.54) is 38.2 Å². The van der Waals surface area contributed by atoms with E-state index in [9.17, 15) is 4.39 Å². The van der Waals surface area contributed by atoms with Crippen LogP contribution in [0, 0.1) is 5.82 Å². The molecule has 0 bridgehead atoms. The molecule has 0 radical (unpaired) electrons. The zero-order chi connectivity index (χ0) is 18.8. The van der Waals surface area contributed by atoms with Crippen molar-refractivity contribution in [2.45, 2.75) is 52.2 Å². The summed E-state index contributed by atoms with van der Waals surface area (Å²) < 4.78 is 20.8. The molecule has 0 aliphatic heterocycles. The van der Waals surface area contributed by atoms with E-state index in [4.69, 9.17) is 16.3 Å². The van der Waals surface area contributed by atoms with E-state index in [0.29, 0.717) is 17.1 Å². The van der Waals surface area contributed by atoms with Gasteiger partial charge in [0.05, 0.1) is 5.02 Å². The average Bonchev–Trinajstić information content (AvgIpc) is 2.62. The summed E-state index contributed by atoms with van der Waals surface area (Å²) in [6, 6.07) is 10.5. The maximum absolute atomic E-state index is 13.9. The number of hydrogen-bond donors (Lipinski definition) is 1. The van der Waals surface area contributed by atoms with Gasteiger partial charge in [0.1, 0.15) is 18.2 Å². The molecule has 0 saturated heterocycles. The minimum atomic E-state index is -0.346. The maximum Gasteiger partial charge on any atom is 0.131 e. The second kappa shape index (κ2) is 11.6. The first-order valence-electron chi connectivity index (χ1n) is 9.16. The van der Waals surface area contributed by atoms with Crippen molar-refractivity contribution in [2.24, 2.45) is 0 Å². The quantitative estimate of drug-likeness (QED) is 0.383. The van der Waals surface area contributed by atoms with Crippen LogP contribution in [0.1, 0.15) is 50.2 Å². The Morgan fingerprint density at radius 2 is 1.92 bits per heavy atom. The molecule has 0 spiro atoms. The van der Waals surface area contributed by atoms with Gasteiger partial charge in [-0.2, -0.15) is 0 Å². The Labute approximate surface area is 169 Å². The third kappa shape index (κ3) is 6.90. The lowest BCUT2D eigenvalue weighted by atomic mass is 10.1. The summed E-state index contributed by atoms with van der Waals surface area (Å²) >= 11 is 9.58. The van der Waals surface area contributed by atoms with Gasteiger partial charge >= 0.3 is 0 Å². The number of rotatable bonds is 11. The zero-order valence-corrected chi connectivity index (χ0v) is 17.5. The summed E-state index contributed by atoms with van der Waals surface area (Å²) in [6.07, 6.45) is 6.30. The van der Waals surface area contributed by atoms with E-state index in [0.717, 1.165) is 22.3 Å². The van der Waals surface area contributed by atoms with Gasteiger partial charge in [-0.1, -0.05) is 66.2 Å². The van der Waals surface area contributed by atoms with Crippen molar-refractivity contribution >= 4 is 27.5 Å². The van der Waals surface area contributed by atoms with Crippen molar-refractivity contribution < 1.29 is 9.13 Å². The average molecular weight is 443 g/mol. The molecule has 26 heavy (non-hydrogen) atoms. The van der Waals surface area contributed by atoms with Crippen LogP contribution in [0.15, 0.2) is 40.9 Å². The van der Waals surface area contributed by atoms with Crippen LogP contribution in [-0.4, -0.2) is 6.54 Å². The lowest BCUT2D eigenvalue weighted by molar-refractivity contribution is 0.296. The molecule has 0 unspecified atom stereocenters. The molecule has 2 aromatic carbocycles. The fraction of sp³-hybridized carbons (Fsp3) is 0.429. The largest absolute Gasteiger partial charge is 0.488 e. The number of unbranched alkanes of at least 4 members (excludes halogenated alkanes) is 4. The fourth-order valence-electron chi connectivity index (χ4n) is 2.72. The van der Waals surface area contributed by atoms with Gasteiger partial charge in [0, 0.05) is 22.1 Å². The molecule has 1 N–H and O–H groups in total. The van der Waals surface area contributed by atoms with E-state index in [1.807, 2.05) is 18.2 Å². The predicted octanol–water partition coefficient (Wildman–Crippen LogP) is 6.88. The van der Waals surface area contributed by atoms with Gasteiger partial charge in [0.15, 0.2) is 0 Å². The van der Waals surface area contributed by atoms with Crippen molar-refractivity contribution in [3.05, 3.63) is 62.8 Å². The summed E-state index contributed by atoms with van der Waals surface area (Å²) in [6.45, 7) is 4.03. The normalized spacial score (nSPS) is 10.9. The monoisotopic (exact) mass is 441 g/mol. The van der Waals surface area contributed by atoms with Crippen molar-refractivity contribution in [3.63, 3.8) is 0 Å². The van der Waals surface area contributed by atoms with E-state index < -0.39 is 0 Å². The Morgan fingerprint density at radius 3 is 2.69 bits per heavy atom. The highest BCUT2D eigenvalue weighted by molar-refractivity contribution is 9.10. The molecule has 0 saturated carbocycles. The molecule has 0 amide bonds. The zero-order valence-electron chi connectivity index (χ0n) is 15.2. The molecular weight excluding hydrogens is 417 g/mol. The molecule has 0 aliphatic carbocycles. The lowest BCUT2D eigenvalue weighted by Gasteiger charge is -2.14. The molecule has 2 aromatic rings. The van der Waals surface area contributed by atoms with Gasteiger partial charge in [-0.3, -0.25) is 0 Å². The van der Waals surface area contributed by atoms with Crippen molar-refractivity contribution in [3.8, 4) is 5.75 Å². The minimum Gasteiger partial charge on any atom is -0.488 e. The summed E-state index contributed by atoms with van der Waals surface area (Å²) in [4.78, 5) is 0. The maximum atomic E-state index is 13.9. The third-order valence-electron chi connectivity index (χ3n) is 4.23. The summed E-state index contributed by atoms with van der Waals surface area (Å²) in [5.74, 6) is 0.396. The Bertz CT molecular complexity index is 675.